The average molecular weight is 460 g/mol. The summed E-state index contributed by atoms with van der Waals surface area (Å²) in [5.74, 6) is -1.01. The number of amides is 3. The van der Waals surface area contributed by atoms with E-state index in [0.717, 1.165) is 16.7 Å². The van der Waals surface area contributed by atoms with Gasteiger partial charge < -0.3 is 20.3 Å². The van der Waals surface area contributed by atoms with E-state index in [4.69, 9.17) is 4.74 Å². The summed E-state index contributed by atoms with van der Waals surface area (Å²) >= 11 is 0. The van der Waals surface area contributed by atoms with Gasteiger partial charge in [-0.2, -0.15) is 0 Å². The first kappa shape index (κ1) is 24.5. The maximum absolute atomic E-state index is 13.3. The third-order valence-corrected chi connectivity index (χ3v) is 5.32. The van der Waals surface area contributed by atoms with Crippen LogP contribution in [0.5, 0.6) is 0 Å². The number of benzene rings is 3. The van der Waals surface area contributed by atoms with Crippen LogP contribution in [0.15, 0.2) is 91.0 Å². The molecule has 0 saturated heterocycles. The number of esters is 1. The number of hydrogen-bond donors (Lipinski definition) is 2. The van der Waals surface area contributed by atoms with Gasteiger partial charge in [0.25, 0.3) is 0 Å². The molecule has 3 aromatic carbocycles. The van der Waals surface area contributed by atoms with Crippen molar-refractivity contribution in [3.8, 4) is 0 Å². The molecule has 1 atom stereocenters. The van der Waals surface area contributed by atoms with Gasteiger partial charge in [0, 0.05) is 19.6 Å². The number of ether oxygens (including phenoxy) is 1. The van der Waals surface area contributed by atoms with E-state index in [-0.39, 0.29) is 19.5 Å². The van der Waals surface area contributed by atoms with Gasteiger partial charge in [-0.1, -0.05) is 91.0 Å². The standard InChI is InChI=1S/C27H29N3O4/c1-34-25(31)17-24(26(32)28-18-21-11-5-2-6-12-21)30(20-23-15-9-4-10-16-23)27(33)29-19-22-13-7-3-8-14-22/h2-16,24H,17-20H2,1H3,(H,28,32)(H,29,33). The first-order chi connectivity index (χ1) is 16.6. The maximum Gasteiger partial charge on any atom is 0.318 e. The van der Waals surface area contributed by atoms with Gasteiger partial charge in [0.2, 0.25) is 5.91 Å². The van der Waals surface area contributed by atoms with Crippen molar-refractivity contribution in [2.45, 2.75) is 32.1 Å². The Morgan fingerprint density at radius 2 is 1.21 bits per heavy atom. The zero-order valence-corrected chi connectivity index (χ0v) is 19.1. The summed E-state index contributed by atoms with van der Waals surface area (Å²) in [6, 6.07) is 26.8. The number of nitrogens with one attached hydrogen (secondary N) is 2. The van der Waals surface area contributed by atoms with Gasteiger partial charge in [-0.05, 0) is 16.7 Å². The van der Waals surface area contributed by atoms with Crippen molar-refractivity contribution in [1.82, 2.24) is 15.5 Å². The van der Waals surface area contributed by atoms with Crippen molar-refractivity contribution < 1.29 is 19.1 Å². The summed E-state index contributed by atoms with van der Waals surface area (Å²) < 4.78 is 4.83. The lowest BCUT2D eigenvalue weighted by molar-refractivity contribution is -0.144. The van der Waals surface area contributed by atoms with E-state index in [2.05, 4.69) is 10.6 Å². The molecule has 0 heterocycles. The molecule has 0 aromatic heterocycles. The summed E-state index contributed by atoms with van der Waals surface area (Å²) in [5, 5.41) is 5.73. The van der Waals surface area contributed by atoms with Crippen LogP contribution in [0.2, 0.25) is 0 Å². The van der Waals surface area contributed by atoms with E-state index in [9.17, 15) is 14.4 Å². The number of carbonyl (C=O) groups excluding carboxylic acids is 3. The molecule has 0 bridgehead atoms. The molecule has 0 saturated carbocycles. The van der Waals surface area contributed by atoms with Crippen molar-refractivity contribution in [2.75, 3.05) is 7.11 Å². The number of hydrogen-bond acceptors (Lipinski definition) is 4. The van der Waals surface area contributed by atoms with Crippen molar-refractivity contribution in [3.63, 3.8) is 0 Å². The Hall–Kier alpha value is -4.13. The molecule has 176 valence electrons. The normalized spacial score (nSPS) is 11.2. The van der Waals surface area contributed by atoms with Gasteiger partial charge in [-0.3, -0.25) is 9.59 Å². The van der Waals surface area contributed by atoms with Crippen molar-refractivity contribution in [3.05, 3.63) is 108 Å². The van der Waals surface area contributed by atoms with Gasteiger partial charge in [0.15, 0.2) is 0 Å². The van der Waals surface area contributed by atoms with Gasteiger partial charge in [-0.25, -0.2) is 4.79 Å². The van der Waals surface area contributed by atoms with Gasteiger partial charge >= 0.3 is 12.0 Å². The topological polar surface area (TPSA) is 87.7 Å². The highest BCUT2D eigenvalue weighted by Crippen LogP contribution is 2.14. The molecular weight excluding hydrogens is 430 g/mol. The first-order valence-electron chi connectivity index (χ1n) is 11.1. The highest BCUT2D eigenvalue weighted by atomic mass is 16.5. The van der Waals surface area contributed by atoms with E-state index in [1.54, 1.807) is 0 Å². The Bertz CT molecular complexity index is 1060. The SMILES string of the molecule is COC(=O)CC(C(=O)NCc1ccccc1)N(Cc1ccccc1)C(=O)NCc1ccccc1. The predicted octanol–water partition coefficient (Wildman–Crippen LogP) is 3.65. The number of methoxy groups -OCH3 is 1. The Morgan fingerprint density at radius 1 is 0.735 bits per heavy atom. The lowest BCUT2D eigenvalue weighted by Crippen LogP contribution is -2.53. The van der Waals surface area contributed by atoms with Crippen LogP contribution >= 0.6 is 0 Å². The average Bonchev–Trinajstić information content (AvgIpc) is 2.89. The molecule has 0 radical (unpaired) electrons. The molecule has 0 fully saturated rings. The number of nitrogens with zero attached hydrogens (tertiary/aromatic N) is 1. The van der Waals surface area contributed by atoms with Crippen LogP contribution in [0.1, 0.15) is 23.1 Å². The number of rotatable bonds is 10. The minimum atomic E-state index is -1.05. The molecule has 0 aliphatic rings. The lowest BCUT2D eigenvalue weighted by atomic mass is 10.1. The molecule has 34 heavy (non-hydrogen) atoms. The van der Waals surface area contributed by atoms with Crippen LogP contribution in [0.25, 0.3) is 0 Å². The number of urea groups is 1. The molecule has 3 amide bonds. The van der Waals surface area contributed by atoms with Crippen LogP contribution < -0.4 is 10.6 Å². The molecule has 7 heteroatoms. The minimum Gasteiger partial charge on any atom is -0.469 e. The second kappa shape index (κ2) is 12.8. The van der Waals surface area contributed by atoms with E-state index in [1.807, 2.05) is 91.0 Å². The molecule has 1 unspecified atom stereocenters. The van der Waals surface area contributed by atoms with Crippen LogP contribution in [0.4, 0.5) is 4.79 Å². The Morgan fingerprint density at radius 3 is 1.71 bits per heavy atom. The molecule has 0 spiro atoms. The molecule has 7 nitrogen and oxygen atoms in total. The fraction of sp³-hybridized carbons (Fsp3) is 0.222. The van der Waals surface area contributed by atoms with E-state index >= 15 is 0 Å². The van der Waals surface area contributed by atoms with Crippen LogP contribution in [-0.4, -0.2) is 36.0 Å². The Balaban J connectivity index is 1.81. The van der Waals surface area contributed by atoms with Crippen LogP contribution in [-0.2, 0) is 34.0 Å². The maximum atomic E-state index is 13.3. The van der Waals surface area contributed by atoms with Crippen LogP contribution in [0, 0.1) is 0 Å². The second-order valence-corrected chi connectivity index (χ2v) is 7.76. The van der Waals surface area contributed by atoms with Crippen molar-refractivity contribution >= 4 is 17.9 Å². The Kier molecular flexibility index (Phi) is 9.22. The van der Waals surface area contributed by atoms with Gasteiger partial charge in [0.1, 0.15) is 6.04 Å². The largest absolute Gasteiger partial charge is 0.469 e. The molecule has 2 N–H and O–H groups in total. The fourth-order valence-electron chi connectivity index (χ4n) is 3.47. The first-order valence-corrected chi connectivity index (χ1v) is 11.1. The summed E-state index contributed by atoms with van der Waals surface area (Å²) in [7, 11) is 1.26. The Labute approximate surface area is 199 Å². The predicted molar refractivity (Wildman–Crippen MR) is 129 cm³/mol. The van der Waals surface area contributed by atoms with Crippen molar-refractivity contribution in [2.24, 2.45) is 0 Å². The van der Waals surface area contributed by atoms with E-state index < -0.39 is 23.9 Å². The molecule has 3 aromatic rings. The number of carbonyl (C=O) groups is 3. The van der Waals surface area contributed by atoms with E-state index in [1.165, 1.54) is 12.0 Å². The van der Waals surface area contributed by atoms with Gasteiger partial charge in [-0.15, -0.1) is 0 Å². The zero-order valence-electron chi connectivity index (χ0n) is 19.1. The van der Waals surface area contributed by atoms with Crippen LogP contribution in [0.3, 0.4) is 0 Å². The monoisotopic (exact) mass is 459 g/mol. The quantitative estimate of drug-likeness (QED) is 0.453. The lowest BCUT2D eigenvalue weighted by Gasteiger charge is -2.30. The summed E-state index contributed by atoms with van der Waals surface area (Å²) in [5.41, 5.74) is 2.67. The van der Waals surface area contributed by atoms with E-state index in [0.29, 0.717) is 6.54 Å². The third-order valence-electron chi connectivity index (χ3n) is 5.32. The summed E-state index contributed by atoms with van der Waals surface area (Å²) in [6.45, 7) is 0.728. The second-order valence-electron chi connectivity index (χ2n) is 7.76. The molecule has 3 rings (SSSR count). The smallest absolute Gasteiger partial charge is 0.318 e. The fourth-order valence-corrected chi connectivity index (χ4v) is 3.47. The molecule has 0 aliphatic heterocycles. The third kappa shape index (κ3) is 7.48. The highest BCUT2D eigenvalue weighted by Gasteiger charge is 2.32. The van der Waals surface area contributed by atoms with Crippen molar-refractivity contribution in [1.29, 1.82) is 0 Å². The summed E-state index contributed by atoms with van der Waals surface area (Å²) in [6.07, 6.45) is -0.261. The summed E-state index contributed by atoms with van der Waals surface area (Å²) in [4.78, 5) is 40.1. The molecular formula is C27H29N3O4. The molecule has 0 aliphatic carbocycles. The minimum absolute atomic E-state index is 0.155. The zero-order chi connectivity index (χ0) is 24.2. The van der Waals surface area contributed by atoms with Gasteiger partial charge in [0.05, 0.1) is 13.5 Å². The highest BCUT2D eigenvalue weighted by molar-refractivity contribution is 5.90.